The minimum atomic E-state index is -4.59. The van der Waals surface area contributed by atoms with Crippen LogP contribution in [0.25, 0.3) is 0 Å². The maximum atomic E-state index is 13.0. The second-order valence-electron chi connectivity index (χ2n) is 22.4. The molecule has 0 aromatic heterocycles. The average molecular weight is 1060 g/mol. The highest BCUT2D eigenvalue weighted by Gasteiger charge is 2.24. The SMILES string of the molecule is CC/C=C\C/C=C\C/C=C\C/C=C\C/C=C\C/C=C\CCCCCCC(=O)NC(COP(=O)([O-])OCC[N+](C)(C)C)C(O)CCCCCCCCCCCCCCCCCCCCCCCCCCCCCCC. The molecule has 0 aromatic rings. The second kappa shape index (κ2) is 55.7. The van der Waals surface area contributed by atoms with Crippen LogP contribution in [-0.4, -0.2) is 68.5 Å². The van der Waals surface area contributed by atoms with E-state index in [9.17, 15) is 19.4 Å². The molecule has 432 valence electrons. The smallest absolute Gasteiger partial charge is 0.268 e. The zero-order valence-corrected chi connectivity index (χ0v) is 50.2. The van der Waals surface area contributed by atoms with Crippen molar-refractivity contribution in [2.75, 3.05) is 40.9 Å². The molecule has 0 saturated carbocycles. The number of hydrogen-bond donors (Lipinski definition) is 2. The fourth-order valence-electron chi connectivity index (χ4n) is 9.10. The number of quaternary nitrogens is 1. The van der Waals surface area contributed by atoms with Crippen LogP contribution in [0.5, 0.6) is 0 Å². The number of allylic oxidation sites excluding steroid dienone is 12. The standard InChI is InChI=1S/C65H121N2O6P/c1-6-8-10-12-14-16-18-20-22-24-26-28-30-31-32-33-34-35-37-38-40-42-44-46-48-50-52-54-56-58-64(68)63(62-73-74(70,71)72-61-60-67(3,4)5)66-65(69)59-57-55-53-51-49-47-45-43-41-39-36-29-27-25-23-21-19-17-15-13-11-9-7-2/h9,11,15,17,21,23,27,29,39,41,45,47,63-64,68H,6-8,10,12-14,16,18-20,22,24-26,28,30-38,40,42-44,46,48-62H2,1-5H3,(H-,66,69,70,71)/b11-9-,17-15-,23-21-,29-27-,41-39-,47-45-. The van der Waals surface area contributed by atoms with E-state index in [-0.39, 0.29) is 19.1 Å². The fourth-order valence-corrected chi connectivity index (χ4v) is 9.83. The van der Waals surface area contributed by atoms with Crippen molar-refractivity contribution >= 4 is 13.7 Å². The number of aliphatic hydroxyl groups is 1. The van der Waals surface area contributed by atoms with Gasteiger partial charge in [-0.3, -0.25) is 9.36 Å². The van der Waals surface area contributed by atoms with Gasteiger partial charge in [-0.2, -0.15) is 0 Å². The number of unbranched alkanes of at least 4 members (excludes halogenated alkanes) is 32. The topological polar surface area (TPSA) is 108 Å². The Morgan fingerprint density at radius 2 is 0.824 bits per heavy atom. The Hall–Kier alpha value is -2.06. The Balaban J connectivity index is 4.15. The van der Waals surface area contributed by atoms with Crippen molar-refractivity contribution in [2.45, 2.75) is 296 Å². The van der Waals surface area contributed by atoms with E-state index in [4.69, 9.17) is 9.05 Å². The van der Waals surface area contributed by atoms with Crippen LogP contribution in [0.4, 0.5) is 0 Å². The minimum absolute atomic E-state index is 0.00357. The lowest BCUT2D eigenvalue weighted by molar-refractivity contribution is -0.870. The monoisotopic (exact) mass is 1060 g/mol. The Morgan fingerprint density at radius 1 is 0.486 bits per heavy atom. The van der Waals surface area contributed by atoms with Crippen molar-refractivity contribution in [1.82, 2.24) is 5.32 Å². The van der Waals surface area contributed by atoms with Crippen molar-refractivity contribution in [3.63, 3.8) is 0 Å². The highest BCUT2D eigenvalue weighted by molar-refractivity contribution is 7.45. The van der Waals surface area contributed by atoms with Crippen LogP contribution in [-0.2, 0) is 18.4 Å². The molecule has 9 heteroatoms. The molecule has 3 unspecified atom stereocenters. The predicted molar refractivity (Wildman–Crippen MR) is 320 cm³/mol. The number of amides is 1. The van der Waals surface area contributed by atoms with Crippen LogP contribution < -0.4 is 10.2 Å². The normalized spacial score (nSPS) is 14.3. The van der Waals surface area contributed by atoms with Gasteiger partial charge in [0.05, 0.1) is 39.9 Å². The predicted octanol–water partition coefficient (Wildman–Crippen LogP) is 18.8. The molecule has 0 aromatic carbocycles. The van der Waals surface area contributed by atoms with Gasteiger partial charge in [0.1, 0.15) is 13.2 Å². The number of rotatable bonds is 57. The summed E-state index contributed by atoms with van der Waals surface area (Å²) >= 11 is 0. The molecule has 3 atom stereocenters. The largest absolute Gasteiger partial charge is 0.756 e. The van der Waals surface area contributed by atoms with Crippen molar-refractivity contribution in [1.29, 1.82) is 0 Å². The minimum Gasteiger partial charge on any atom is -0.756 e. The molecule has 0 aliphatic carbocycles. The van der Waals surface area contributed by atoms with Gasteiger partial charge in [-0.25, -0.2) is 0 Å². The van der Waals surface area contributed by atoms with E-state index in [0.29, 0.717) is 23.9 Å². The van der Waals surface area contributed by atoms with E-state index in [1.165, 1.54) is 167 Å². The summed E-state index contributed by atoms with van der Waals surface area (Å²) in [6.07, 6.45) is 76.7. The summed E-state index contributed by atoms with van der Waals surface area (Å²) in [5.74, 6) is -0.188. The lowest BCUT2D eigenvalue weighted by Crippen LogP contribution is -2.46. The van der Waals surface area contributed by atoms with Gasteiger partial charge >= 0.3 is 0 Å². The van der Waals surface area contributed by atoms with Gasteiger partial charge in [0, 0.05) is 6.42 Å². The van der Waals surface area contributed by atoms with Gasteiger partial charge < -0.3 is 28.8 Å². The van der Waals surface area contributed by atoms with Crippen LogP contribution in [0.2, 0.25) is 0 Å². The molecule has 0 fully saturated rings. The highest BCUT2D eigenvalue weighted by atomic mass is 31.2. The molecule has 0 spiro atoms. The summed E-state index contributed by atoms with van der Waals surface area (Å²) in [7, 11) is 1.28. The lowest BCUT2D eigenvalue weighted by atomic mass is 10.0. The Labute approximate surface area is 459 Å². The van der Waals surface area contributed by atoms with Crippen LogP contribution in [0, 0.1) is 0 Å². The second-order valence-corrected chi connectivity index (χ2v) is 23.8. The number of phosphoric ester groups is 1. The maximum absolute atomic E-state index is 13.0. The number of carbonyl (C=O) groups excluding carboxylic acids is 1. The molecule has 0 bridgehead atoms. The first kappa shape index (κ1) is 71.9. The van der Waals surface area contributed by atoms with Crippen molar-refractivity contribution in [3.8, 4) is 0 Å². The number of nitrogens with one attached hydrogen (secondary N) is 1. The van der Waals surface area contributed by atoms with Gasteiger partial charge in [-0.1, -0.05) is 286 Å². The number of carbonyl (C=O) groups is 1. The molecule has 1 amide bonds. The Bertz CT molecular complexity index is 1430. The molecule has 0 rings (SSSR count). The lowest BCUT2D eigenvalue weighted by Gasteiger charge is -2.30. The first-order chi connectivity index (χ1) is 36.0. The Kier molecular flexibility index (Phi) is 54.1. The number of nitrogens with zero attached hydrogens (tertiary/aromatic N) is 1. The molecule has 0 heterocycles. The Morgan fingerprint density at radius 3 is 1.20 bits per heavy atom. The molecule has 2 N–H and O–H groups in total. The summed E-state index contributed by atoms with van der Waals surface area (Å²) in [5, 5.41) is 14.0. The zero-order chi connectivity index (χ0) is 54.2. The summed E-state index contributed by atoms with van der Waals surface area (Å²) in [6.45, 7) is 4.61. The van der Waals surface area contributed by atoms with E-state index in [0.717, 1.165) is 89.9 Å². The highest BCUT2D eigenvalue weighted by Crippen LogP contribution is 2.38. The van der Waals surface area contributed by atoms with Crippen molar-refractivity contribution in [2.24, 2.45) is 0 Å². The molecule has 0 saturated heterocycles. The van der Waals surface area contributed by atoms with E-state index >= 15 is 0 Å². The van der Waals surface area contributed by atoms with Gasteiger partial charge in [-0.15, -0.1) is 0 Å². The van der Waals surface area contributed by atoms with E-state index < -0.39 is 20.0 Å². The number of phosphoric acid groups is 1. The summed E-state index contributed by atoms with van der Waals surface area (Å²) in [5.41, 5.74) is 0. The van der Waals surface area contributed by atoms with Crippen molar-refractivity contribution < 1.29 is 32.9 Å². The third-order valence-electron chi connectivity index (χ3n) is 14.0. The van der Waals surface area contributed by atoms with Crippen LogP contribution in [0.3, 0.4) is 0 Å². The van der Waals surface area contributed by atoms with E-state index in [1.807, 2.05) is 21.1 Å². The van der Waals surface area contributed by atoms with E-state index in [2.05, 4.69) is 92.1 Å². The first-order valence-corrected chi connectivity index (χ1v) is 32.7. The zero-order valence-electron chi connectivity index (χ0n) is 49.3. The van der Waals surface area contributed by atoms with Crippen LogP contribution in [0.1, 0.15) is 284 Å². The average Bonchev–Trinajstić information content (AvgIpc) is 3.36. The number of likely N-dealkylation sites (N-methyl/N-ethyl adjacent to an activating group) is 1. The maximum Gasteiger partial charge on any atom is 0.268 e. The first-order valence-electron chi connectivity index (χ1n) is 31.3. The van der Waals surface area contributed by atoms with Gasteiger partial charge in [-0.05, 0) is 64.2 Å². The summed E-state index contributed by atoms with van der Waals surface area (Å²) in [4.78, 5) is 25.6. The fraction of sp³-hybridized carbons (Fsp3) is 0.800. The summed E-state index contributed by atoms with van der Waals surface area (Å²) < 4.78 is 23.5. The van der Waals surface area contributed by atoms with E-state index in [1.54, 1.807) is 0 Å². The van der Waals surface area contributed by atoms with Crippen LogP contribution in [0.15, 0.2) is 72.9 Å². The molecule has 8 nitrogen and oxygen atoms in total. The van der Waals surface area contributed by atoms with Gasteiger partial charge in [0.2, 0.25) is 5.91 Å². The molecule has 74 heavy (non-hydrogen) atoms. The molecule has 0 aliphatic rings. The number of aliphatic hydroxyl groups excluding tert-OH is 1. The van der Waals surface area contributed by atoms with Gasteiger partial charge in [0.25, 0.3) is 7.82 Å². The molecular weight excluding hydrogens is 936 g/mol. The van der Waals surface area contributed by atoms with Gasteiger partial charge in [0.15, 0.2) is 0 Å². The third kappa shape index (κ3) is 57.6. The number of hydrogen-bond acceptors (Lipinski definition) is 6. The quantitative estimate of drug-likeness (QED) is 0.0272. The van der Waals surface area contributed by atoms with Crippen LogP contribution >= 0.6 is 7.82 Å². The molecular formula is C65H121N2O6P. The third-order valence-corrected chi connectivity index (χ3v) is 14.9. The van der Waals surface area contributed by atoms with Crippen molar-refractivity contribution in [3.05, 3.63) is 72.9 Å². The summed E-state index contributed by atoms with van der Waals surface area (Å²) in [6, 6.07) is -0.821. The molecule has 0 aliphatic heterocycles. The molecule has 0 radical (unpaired) electrons.